The lowest BCUT2D eigenvalue weighted by molar-refractivity contribution is 0.214. The zero-order valence-electron chi connectivity index (χ0n) is 16.7. The van der Waals surface area contributed by atoms with E-state index < -0.39 is 0 Å². The number of nitrogens with zero attached hydrogens (tertiary/aromatic N) is 5. The molecule has 2 aromatic rings. The summed E-state index contributed by atoms with van der Waals surface area (Å²) in [5.41, 5.74) is 2.27. The van der Waals surface area contributed by atoms with Crippen molar-refractivity contribution in [1.82, 2.24) is 25.3 Å². The fourth-order valence-corrected chi connectivity index (χ4v) is 3.93. The van der Waals surface area contributed by atoms with Crippen LogP contribution in [0.15, 0.2) is 24.8 Å². The van der Waals surface area contributed by atoms with Crippen LogP contribution in [0, 0.1) is 5.92 Å². The smallest absolute Gasteiger partial charge is 0.232 e. The third kappa shape index (κ3) is 4.76. The molecule has 0 saturated carbocycles. The van der Waals surface area contributed by atoms with Crippen LogP contribution in [0.3, 0.4) is 0 Å². The molecule has 2 aliphatic heterocycles. The van der Waals surface area contributed by atoms with Crippen LogP contribution in [0.1, 0.15) is 49.8 Å². The molecule has 7 heteroatoms. The maximum atomic E-state index is 5.92. The molecule has 4 rings (SSSR count). The van der Waals surface area contributed by atoms with Crippen molar-refractivity contribution in [3.05, 3.63) is 36.0 Å². The highest BCUT2D eigenvalue weighted by molar-refractivity contribution is 5.30. The SMILES string of the molecule is CCc1cnc(N2CCC(COc3cnc(C4CCNCC4)cn3)CC2)nc1. The monoisotopic (exact) mass is 382 g/mol. The molecule has 0 bridgehead atoms. The molecule has 2 fully saturated rings. The molecule has 0 atom stereocenters. The lowest BCUT2D eigenvalue weighted by Crippen LogP contribution is -2.36. The Labute approximate surface area is 167 Å². The Balaban J connectivity index is 1.22. The van der Waals surface area contributed by atoms with Crippen LogP contribution in [-0.4, -0.2) is 52.7 Å². The molecule has 0 aliphatic carbocycles. The van der Waals surface area contributed by atoms with Gasteiger partial charge < -0.3 is 15.0 Å². The first-order chi connectivity index (χ1) is 13.8. The number of aromatic nitrogens is 4. The molecule has 2 aliphatic rings. The molecular weight excluding hydrogens is 352 g/mol. The van der Waals surface area contributed by atoms with E-state index in [1.807, 2.05) is 18.6 Å². The molecular formula is C21H30N6O. The average Bonchev–Trinajstić information content (AvgIpc) is 2.79. The molecule has 7 nitrogen and oxygen atoms in total. The topological polar surface area (TPSA) is 76.1 Å². The Bertz CT molecular complexity index is 722. The van der Waals surface area contributed by atoms with Crippen molar-refractivity contribution in [2.24, 2.45) is 5.92 Å². The van der Waals surface area contributed by atoms with Gasteiger partial charge in [-0.25, -0.2) is 15.0 Å². The van der Waals surface area contributed by atoms with Crippen molar-refractivity contribution in [3.63, 3.8) is 0 Å². The molecule has 2 saturated heterocycles. The van der Waals surface area contributed by atoms with E-state index >= 15 is 0 Å². The number of piperidine rings is 2. The van der Waals surface area contributed by atoms with E-state index in [9.17, 15) is 0 Å². The molecule has 28 heavy (non-hydrogen) atoms. The summed E-state index contributed by atoms with van der Waals surface area (Å²) in [6.45, 7) is 6.90. The van der Waals surface area contributed by atoms with Gasteiger partial charge >= 0.3 is 0 Å². The Kier molecular flexibility index (Phi) is 6.31. The van der Waals surface area contributed by atoms with Gasteiger partial charge in [0.05, 0.1) is 24.7 Å². The summed E-state index contributed by atoms with van der Waals surface area (Å²) in [5, 5.41) is 3.39. The molecule has 4 heterocycles. The number of anilines is 1. The summed E-state index contributed by atoms with van der Waals surface area (Å²) < 4.78 is 5.92. The van der Waals surface area contributed by atoms with Crippen LogP contribution in [-0.2, 0) is 6.42 Å². The standard InChI is InChI=1S/C21H30N6O/c1-2-16-11-25-21(26-12-16)27-9-5-17(6-10-27)15-28-20-14-23-19(13-24-20)18-3-7-22-8-4-18/h11-14,17-18,22H,2-10,15H2,1H3. The Morgan fingerprint density at radius 3 is 2.36 bits per heavy atom. The van der Waals surface area contributed by atoms with Gasteiger partial charge in [-0.2, -0.15) is 0 Å². The van der Waals surface area contributed by atoms with Crippen molar-refractivity contribution in [2.45, 2.75) is 44.9 Å². The second-order valence-electron chi connectivity index (χ2n) is 7.79. The van der Waals surface area contributed by atoms with E-state index in [1.54, 1.807) is 6.20 Å². The van der Waals surface area contributed by atoms with E-state index in [4.69, 9.17) is 4.74 Å². The fourth-order valence-electron chi connectivity index (χ4n) is 3.93. The molecule has 0 aromatic carbocycles. The Morgan fingerprint density at radius 1 is 0.964 bits per heavy atom. The number of hydrogen-bond donors (Lipinski definition) is 1. The van der Waals surface area contributed by atoms with Crippen molar-refractivity contribution >= 4 is 5.95 Å². The second kappa shape index (κ2) is 9.28. The first-order valence-corrected chi connectivity index (χ1v) is 10.5. The number of nitrogens with one attached hydrogen (secondary N) is 1. The molecule has 150 valence electrons. The van der Waals surface area contributed by atoms with Crippen LogP contribution in [0.2, 0.25) is 0 Å². The van der Waals surface area contributed by atoms with Gasteiger partial charge in [0.2, 0.25) is 11.8 Å². The molecule has 0 unspecified atom stereocenters. The van der Waals surface area contributed by atoms with Crippen molar-refractivity contribution < 1.29 is 4.74 Å². The Hall–Kier alpha value is -2.28. The van der Waals surface area contributed by atoms with Crippen molar-refractivity contribution in [3.8, 4) is 5.88 Å². The van der Waals surface area contributed by atoms with Gasteiger partial charge in [0.1, 0.15) is 0 Å². The molecule has 2 aromatic heterocycles. The number of ether oxygens (including phenoxy) is 1. The summed E-state index contributed by atoms with van der Waals surface area (Å²) in [4.78, 5) is 20.3. The maximum absolute atomic E-state index is 5.92. The summed E-state index contributed by atoms with van der Waals surface area (Å²) in [7, 11) is 0. The summed E-state index contributed by atoms with van der Waals surface area (Å²) >= 11 is 0. The number of hydrogen-bond acceptors (Lipinski definition) is 7. The molecule has 1 N–H and O–H groups in total. The van der Waals surface area contributed by atoms with Crippen LogP contribution in [0.25, 0.3) is 0 Å². The van der Waals surface area contributed by atoms with Crippen LogP contribution in [0.4, 0.5) is 5.95 Å². The maximum Gasteiger partial charge on any atom is 0.232 e. The van der Waals surface area contributed by atoms with E-state index in [-0.39, 0.29) is 0 Å². The lowest BCUT2D eigenvalue weighted by atomic mass is 9.95. The van der Waals surface area contributed by atoms with Gasteiger partial charge in [-0.05, 0) is 56.7 Å². The minimum absolute atomic E-state index is 0.528. The lowest BCUT2D eigenvalue weighted by Gasteiger charge is -2.31. The van der Waals surface area contributed by atoms with E-state index in [1.165, 1.54) is 5.56 Å². The normalized spacial score (nSPS) is 19.0. The number of rotatable bonds is 6. The summed E-state index contributed by atoms with van der Waals surface area (Å²) in [6, 6.07) is 0. The van der Waals surface area contributed by atoms with E-state index in [0.29, 0.717) is 24.3 Å². The minimum atomic E-state index is 0.528. The Morgan fingerprint density at radius 2 is 1.71 bits per heavy atom. The highest BCUT2D eigenvalue weighted by Crippen LogP contribution is 2.24. The average molecular weight is 383 g/mol. The van der Waals surface area contributed by atoms with Crippen LogP contribution < -0.4 is 15.0 Å². The largest absolute Gasteiger partial charge is 0.476 e. The molecule has 0 amide bonds. The zero-order valence-corrected chi connectivity index (χ0v) is 16.7. The highest BCUT2D eigenvalue weighted by Gasteiger charge is 2.22. The van der Waals surface area contributed by atoms with Crippen LogP contribution in [0.5, 0.6) is 5.88 Å². The quantitative estimate of drug-likeness (QED) is 0.823. The van der Waals surface area contributed by atoms with Crippen molar-refractivity contribution in [1.29, 1.82) is 0 Å². The zero-order chi connectivity index (χ0) is 19.2. The molecule has 0 radical (unpaired) electrons. The number of aryl methyl sites for hydroxylation is 1. The van der Waals surface area contributed by atoms with E-state index in [2.05, 4.69) is 37.1 Å². The van der Waals surface area contributed by atoms with Gasteiger partial charge in [0.15, 0.2) is 0 Å². The van der Waals surface area contributed by atoms with Crippen LogP contribution >= 0.6 is 0 Å². The van der Waals surface area contributed by atoms with Gasteiger partial charge in [-0.1, -0.05) is 6.92 Å². The molecule has 0 spiro atoms. The van der Waals surface area contributed by atoms with Gasteiger partial charge in [-0.3, -0.25) is 4.98 Å². The van der Waals surface area contributed by atoms with Gasteiger partial charge in [-0.15, -0.1) is 0 Å². The minimum Gasteiger partial charge on any atom is -0.476 e. The highest BCUT2D eigenvalue weighted by atomic mass is 16.5. The van der Waals surface area contributed by atoms with E-state index in [0.717, 1.165) is 69.9 Å². The summed E-state index contributed by atoms with van der Waals surface area (Å²) in [6.07, 6.45) is 13.0. The first-order valence-electron chi connectivity index (χ1n) is 10.5. The third-order valence-corrected chi connectivity index (χ3v) is 5.87. The predicted molar refractivity (Wildman–Crippen MR) is 109 cm³/mol. The van der Waals surface area contributed by atoms with Gasteiger partial charge in [0, 0.05) is 31.4 Å². The third-order valence-electron chi connectivity index (χ3n) is 5.87. The van der Waals surface area contributed by atoms with Gasteiger partial charge in [0.25, 0.3) is 0 Å². The summed E-state index contributed by atoms with van der Waals surface area (Å²) in [5.74, 6) is 2.55. The fraction of sp³-hybridized carbons (Fsp3) is 0.619. The second-order valence-corrected chi connectivity index (χ2v) is 7.79. The first kappa shape index (κ1) is 19.1. The predicted octanol–water partition coefficient (Wildman–Crippen LogP) is 2.59. The van der Waals surface area contributed by atoms with Crippen molar-refractivity contribution in [2.75, 3.05) is 37.7 Å².